The fourth-order valence-corrected chi connectivity index (χ4v) is 2.15. The van der Waals surface area contributed by atoms with Gasteiger partial charge in [0.25, 0.3) is 0 Å². The van der Waals surface area contributed by atoms with Crippen molar-refractivity contribution in [3.63, 3.8) is 0 Å². The number of morpholine rings is 1. The predicted molar refractivity (Wildman–Crippen MR) is 65.9 cm³/mol. The molecule has 5 heteroatoms. The number of ether oxygens (including phenoxy) is 2. The van der Waals surface area contributed by atoms with Crippen LogP contribution in [0.2, 0.25) is 0 Å². The second-order valence-corrected chi connectivity index (χ2v) is 4.80. The van der Waals surface area contributed by atoms with Gasteiger partial charge in [-0.05, 0) is 20.8 Å². The Hall–Kier alpha value is -0.650. The van der Waals surface area contributed by atoms with E-state index in [0.717, 1.165) is 13.1 Å². The van der Waals surface area contributed by atoms with Gasteiger partial charge in [0, 0.05) is 32.8 Å². The van der Waals surface area contributed by atoms with E-state index in [4.69, 9.17) is 9.47 Å². The third-order valence-electron chi connectivity index (χ3n) is 2.94. The molecule has 1 heterocycles. The van der Waals surface area contributed by atoms with Crippen molar-refractivity contribution < 1.29 is 14.3 Å². The van der Waals surface area contributed by atoms with E-state index in [9.17, 15) is 4.79 Å². The number of carbonyl (C=O) groups is 1. The number of methoxy groups -OCH3 is 1. The number of carbonyl (C=O) groups excluding carboxylic acids is 1. The molecule has 0 aliphatic carbocycles. The summed E-state index contributed by atoms with van der Waals surface area (Å²) in [6.45, 7) is 8.91. The van der Waals surface area contributed by atoms with Gasteiger partial charge in [0.2, 0.25) is 5.91 Å². The summed E-state index contributed by atoms with van der Waals surface area (Å²) in [5.74, 6) is -0.0614. The van der Waals surface area contributed by atoms with Crippen LogP contribution in [0.1, 0.15) is 20.8 Å². The maximum Gasteiger partial charge on any atom is 0.246 e. The van der Waals surface area contributed by atoms with Crippen molar-refractivity contribution in [1.82, 2.24) is 10.2 Å². The summed E-state index contributed by atoms with van der Waals surface area (Å²) in [6.07, 6.45) is 0.520. The van der Waals surface area contributed by atoms with Gasteiger partial charge in [0.15, 0.2) is 0 Å². The molecule has 5 nitrogen and oxygen atoms in total. The van der Waals surface area contributed by atoms with E-state index in [2.05, 4.69) is 31.0 Å². The average Bonchev–Trinajstić information content (AvgIpc) is 2.25. The number of nitrogens with one attached hydrogen (secondary N) is 1. The summed E-state index contributed by atoms with van der Waals surface area (Å²) in [5.41, 5.74) is 0. The van der Waals surface area contributed by atoms with Crippen molar-refractivity contribution in [2.75, 3.05) is 33.4 Å². The first-order valence-corrected chi connectivity index (χ1v) is 6.18. The Labute approximate surface area is 103 Å². The van der Waals surface area contributed by atoms with Gasteiger partial charge in [-0.3, -0.25) is 9.69 Å². The fourth-order valence-electron chi connectivity index (χ4n) is 2.15. The second kappa shape index (κ2) is 6.93. The van der Waals surface area contributed by atoms with Crippen LogP contribution in [-0.2, 0) is 14.3 Å². The Kier molecular flexibility index (Phi) is 5.88. The fraction of sp³-hybridized carbons (Fsp3) is 0.917. The molecule has 1 rings (SSSR count). The smallest absolute Gasteiger partial charge is 0.246 e. The molecule has 17 heavy (non-hydrogen) atoms. The molecule has 0 saturated carbocycles. The lowest BCUT2D eigenvalue weighted by molar-refractivity contribution is -0.125. The molecule has 0 unspecified atom stereocenters. The highest BCUT2D eigenvalue weighted by Gasteiger charge is 2.25. The molecule has 0 aromatic rings. The molecule has 1 fully saturated rings. The molecule has 0 radical (unpaired) electrons. The predicted octanol–water partition coefficient (Wildman–Crippen LogP) is 0.247. The molecule has 1 amide bonds. The highest BCUT2D eigenvalue weighted by atomic mass is 16.5. The van der Waals surface area contributed by atoms with Crippen LogP contribution >= 0.6 is 0 Å². The number of hydrogen-bond donors (Lipinski definition) is 1. The molecular weight excluding hydrogens is 220 g/mol. The lowest BCUT2D eigenvalue weighted by Gasteiger charge is -2.38. The van der Waals surface area contributed by atoms with Crippen LogP contribution < -0.4 is 5.32 Å². The van der Waals surface area contributed by atoms with E-state index >= 15 is 0 Å². The highest BCUT2D eigenvalue weighted by Crippen LogP contribution is 2.12. The van der Waals surface area contributed by atoms with Crippen LogP contribution in [-0.4, -0.2) is 62.4 Å². The number of nitrogens with zero attached hydrogens (tertiary/aromatic N) is 1. The maximum absolute atomic E-state index is 11.3. The van der Waals surface area contributed by atoms with Gasteiger partial charge >= 0.3 is 0 Å². The molecule has 100 valence electrons. The second-order valence-electron chi connectivity index (χ2n) is 4.80. The van der Waals surface area contributed by atoms with Crippen LogP contribution in [0.5, 0.6) is 0 Å². The van der Waals surface area contributed by atoms with Crippen molar-refractivity contribution in [3.05, 3.63) is 0 Å². The minimum atomic E-state index is -0.0614. The zero-order valence-electron chi connectivity index (χ0n) is 11.2. The van der Waals surface area contributed by atoms with Gasteiger partial charge in [0.05, 0.1) is 12.2 Å². The molecule has 1 saturated heterocycles. The third-order valence-corrected chi connectivity index (χ3v) is 2.94. The highest BCUT2D eigenvalue weighted by molar-refractivity contribution is 5.77. The molecule has 1 N–H and O–H groups in total. The first-order valence-electron chi connectivity index (χ1n) is 6.18. The lowest BCUT2D eigenvalue weighted by atomic mass is 10.2. The molecule has 1 aliphatic heterocycles. The lowest BCUT2D eigenvalue weighted by Crippen LogP contribution is -2.52. The van der Waals surface area contributed by atoms with Crippen LogP contribution in [0.4, 0.5) is 0 Å². The van der Waals surface area contributed by atoms with Gasteiger partial charge in [-0.1, -0.05) is 0 Å². The molecule has 0 aromatic carbocycles. The zero-order chi connectivity index (χ0) is 12.8. The SMILES string of the molecule is COCC(=O)NC[C@H](C)N1C[C@@H](C)O[C@H](C)C1. The van der Waals surface area contributed by atoms with Crippen LogP contribution in [0.25, 0.3) is 0 Å². The molecule has 3 atom stereocenters. The quantitative estimate of drug-likeness (QED) is 0.753. The van der Waals surface area contributed by atoms with Gasteiger partial charge < -0.3 is 14.8 Å². The summed E-state index contributed by atoms with van der Waals surface area (Å²) < 4.78 is 10.5. The summed E-state index contributed by atoms with van der Waals surface area (Å²) >= 11 is 0. The Morgan fingerprint density at radius 3 is 2.59 bits per heavy atom. The largest absolute Gasteiger partial charge is 0.375 e. The topological polar surface area (TPSA) is 50.8 Å². The molecule has 1 aliphatic rings. The summed E-state index contributed by atoms with van der Waals surface area (Å²) in [6, 6.07) is 0.324. The van der Waals surface area contributed by atoms with Gasteiger partial charge in [-0.25, -0.2) is 0 Å². The van der Waals surface area contributed by atoms with E-state index in [1.54, 1.807) is 0 Å². The molecular formula is C12H24N2O3. The first kappa shape index (κ1) is 14.4. The van der Waals surface area contributed by atoms with E-state index in [1.807, 2.05) is 0 Å². The summed E-state index contributed by atoms with van der Waals surface area (Å²) in [5, 5.41) is 2.86. The van der Waals surface area contributed by atoms with Gasteiger partial charge in [-0.2, -0.15) is 0 Å². The van der Waals surface area contributed by atoms with Crippen LogP contribution in [0.3, 0.4) is 0 Å². The van der Waals surface area contributed by atoms with Gasteiger partial charge in [-0.15, -0.1) is 0 Å². The molecule has 0 aromatic heterocycles. The standard InChI is InChI=1S/C12H24N2O3/c1-9(5-13-12(15)8-16-4)14-6-10(2)17-11(3)7-14/h9-11H,5-8H2,1-4H3,(H,13,15)/t9-,10+,11+/m0/s1. The zero-order valence-corrected chi connectivity index (χ0v) is 11.2. The van der Waals surface area contributed by atoms with Crippen molar-refractivity contribution in [2.45, 2.75) is 39.0 Å². The Bertz CT molecular complexity index is 238. The van der Waals surface area contributed by atoms with Crippen molar-refractivity contribution in [3.8, 4) is 0 Å². The minimum absolute atomic E-state index is 0.0614. The average molecular weight is 244 g/mol. The van der Waals surface area contributed by atoms with E-state index in [-0.39, 0.29) is 24.7 Å². The summed E-state index contributed by atoms with van der Waals surface area (Å²) in [4.78, 5) is 13.6. The van der Waals surface area contributed by atoms with E-state index in [0.29, 0.717) is 12.6 Å². The maximum atomic E-state index is 11.3. The summed E-state index contributed by atoms with van der Waals surface area (Å²) in [7, 11) is 1.52. The number of amides is 1. The normalized spacial score (nSPS) is 27.8. The van der Waals surface area contributed by atoms with Gasteiger partial charge in [0.1, 0.15) is 6.61 Å². The first-order chi connectivity index (χ1) is 8.02. The molecule has 0 spiro atoms. The Morgan fingerprint density at radius 2 is 2.06 bits per heavy atom. The third kappa shape index (κ3) is 5.02. The van der Waals surface area contributed by atoms with E-state index in [1.165, 1.54) is 7.11 Å². The number of rotatable bonds is 5. The monoisotopic (exact) mass is 244 g/mol. The minimum Gasteiger partial charge on any atom is -0.375 e. The molecule has 0 bridgehead atoms. The number of hydrogen-bond acceptors (Lipinski definition) is 4. The van der Waals surface area contributed by atoms with Crippen LogP contribution in [0, 0.1) is 0 Å². The van der Waals surface area contributed by atoms with Crippen molar-refractivity contribution >= 4 is 5.91 Å². The van der Waals surface area contributed by atoms with E-state index < -0.39 is 0 Å². The Balaban J connectivity index is 2.31. The van der Waals surface area contributed by atoms with Crippen LogP contribution in [0.15, 0.2) is 0 Å². The van der Waals surface area contributed by atoms with Crippen molar-refractivity contribution in [2.24, 2.45) is 0 Å². The van der Waals surface area contributed by atoms with Crippen molar-refractivity contribution in [1.29, 1.82) is 0 Å². The Morgan fingerprint density at radius 1 is 1.47 bits per heavy atom.